The molecular weight excluding hydrogens is 200 g/mol. The van der Waals surface area contributed by atoms with E-state index in [2.05, 4.69) is 20.5 Å². The van der Waals surface area contributed by atoms with Gasteiger partial charge in [-0.1, -0.05) is 10.3 Å². The maximum absolute atomic E-state index is 4.99. The van der Waals surface area contributed by atoms with Gasteiger partial charge < -0.3 is 4.57 Å². The van der Waals surface area contributed by atoms with Crippen molar-refractivity contribution in [2.45, 2.75) is 19.5 Å². The van der Waals surface area contributed by atoms with E-state index in [1.807, 2.05) is 17.7 Å². The average molecular weight is 210 g/mol. The highest BCUT2D eigenvalue weighted by Crippen LogP contribution is 2.05. The summed E-state index contributed by atoms with van der Waals surface area (Å²) in [5.74, 6) is 0. The van der Waals surface area contributed by atoms with Crippen LogP contribution in [-0.2, 0) is 6.54 Å². The molecule has 0 saturated heterocycles. The van der Waals surface area contributed by atoms with Gasteiger partial charge in [0.05, 0.1) is 12.4 Å². The standard InChI is InChI=1S/C7H10N6S/c1-6(4-12-3-2-8-5-12)13-7(14)9-10-11-13/h2-3,5-6H,4H2,1H3,(H,9,11,14). The minimum absolute atomic E-state index is 0.187. The predicted molar refractivity (Wildman–Crippen MR) is 52.1 cm³/mol. The van der Waals surface area contributed by atoms with Crippen LogP contribution in [0.3, 0.4) is 0 Å². The molecular formula is C7H10N6S. The number of aromatic amines is 1. The second-order valence-electron chi connectivity index (χ2n) is 3.06. The molecule has 0 amide bonds. The molecule has 0 spiro atoms. The lowest BCUT2D eigenvalue weighted by Gasteiger charge is -2.11. The Labute approximate surface area is 85.6 Å². The van der Waals surface area contributed by atoms with Crippen LogP contribution in [0.5, 0.6) is 0 Å². The summed E-state index contributed by atoms with van der Waals surface area (Å²) in [7, 11) is 0. The lowest BCUT2D eigenvalue weighted by atomic mass is 10.3. The molecule has 0 saturated carbocycles. The first-order valence-corrected chi connectivity index (χ1v) is 4.63. The fourth-order valence-corrected chi connectivity index (χ4v) is 1.53. The highest BCUT2D eigenvalue weighted by atomic mass is 32.1. The maximum atomic E-state index is 4.99. The first-order chi connectivity index (χ1) is 6.77. The molecule has 0 aromatic carbocycles. The lowest BCUT2D eigenvalue weighted by molar-refractivity contribution is 0.413. The second kappa shape index (κ2) is 3.70. The monoisotopic (exact) mass is 210 g/mol. The second-order valence-corrected chi connectivity index (χ2v) is 3.43. The molecule has 0 aliphatic rings. The van der Waals surface area contributed by atoms with Gasteiger partial charge >= 0.3 is 0 Å². The molecule has 1 N–H and O–H groups in total. The summed E-state index contributed by atoms with van der Waals surface area (Å²) in [6.07, 6.45) is 5.42. The van der Waals surface area contributed by atoms with Crippen LogP contribution in [0, 0.1) is 4.77 Å². The SMILES string of the molecule is CC(Cn1ccnc1)n1[nH]nnc1=S. The van der Waals surface area contributed by atoms with Gasteiger partial charge in [-0.3, -0.25) is 0 Å². The zero-order valence-electron chi connectivity index (χ0n) is 7.66. The Balaban J connectivity index is 2.14. The largest absolute Gasteiger partial charge is 0.335 e. The van der Waals surface area contributed by atoms with Gasteiger partial charge in [-0.05, 0) is 19.1 Å². The molecule has 2 aromatic rings. The Morgan fingerprint density at radius 3 is 3.07 bits per heavy atom. The van der Waals surface area contributed by atoms with E-state index in [0.717, 1.165) is 6.54 Å². The fraction of sp³-hybridized carbons (Fsp3) is 0.429. The van der Waals surface area contributed by atoms with Crippen molar-refractivity contribution in [2.24, 2.45) is 0 Å². The van der Waals surface area contributed by atoms with Crippen molar-refractivity contribution in [3.05, 3.63) is 23.5 Å². The van der Waals surface area contributed by atoms with Crippen LogP contribution >= 0.6 is 12.2 Å². The zero-order valence-corrected chi connectivity index (χ0v) is 8.48. The van der Waals surface area contributed by atoms with Crippen molar-refractivity contribution in [3.63, 3.8) is 0 Å². The van der Waals surface area contributed by atoms with E-state index in [4.69, 9.17) is 12.2 Å². The van der Waals surface area contributed by atoms with E-state index in [9.17, 15) is 0 Å². The van der Waals surface area contributed by atoms with Crippen LogP contribution in [-0.4, -0.2) is 29.8 Å². The molecule has 1 atom stereocenters. The number of nitrogens with one attached hydrogen (secondary N) is 1. The lowest BCUT2D eigenvalue weighted by Crippen LogP contribution is -2.13. The van der Waals surface area contributed by atoms with Crippen molar-refractivity contribution in [1.82, 2.24) is 29.8 Å². The number of imidazole rings is 1. The minimum atomic E-state index is 0.187. The topological polar surface area (TPSA) is 64.3 Å². The third-order valence-corrected chi connectivity index (χ3v) is 2.25. The van der Waals surface area contributed by atoms with Gasteiger partial charge in [-0.25, -0.2) is 9.67 Å². The first kappa shape index (κ1) is 9.07. The maximum Gasteiger partial charge on any atom is 0.238 e. The van der Waals surface area contributed by atoms with Crippen LogP contribution in [0.2, 0.25) is 0 Å². The highest BCUT2D eigenvalue weighted by molar-refractivity contribution is 7.71. The van der Waals surface area contributed by atoms with Crippen molar-refractivity contribution in [3.8, 4) is 0 Å². The molecule has 2 rings (SSSR count). The summed E-state index contributed by atoms with van der Waals surface area (Å²) in [5.41, 5.74) is 0. The summed E-state index contributed by atoms with van der Waals surface area (Å²) >= 11 is 4.99. The smallest absolute Gasteiger partial charge is 0.238 e. The summed E-state index contributed by atoms with van der Waals surface area (Å²) < 4.78 is 4.19. The molecule has 6 nitrogen and oxygen atoms in total. The average Bonchev–Trinajstić information content (AvgIpc) is 2.75. The van der Waals surface area contributed by atoms with Crippen LogP contribution < -0.4 is 0 Å². The fourth-order valence-electron chi connectivity index (χ4n) is 1.27. The normalized spacial score (nSPS) is 12.9. The van der Waals surface area contributed by atoms with Crippen molar-refractivity contribution in [2.75, 3.05) is 0 Å². The van der Waals surface area contributed by atoms with Crippen LogP contribution in [0.4, 0.5) is 0 Å². The van der Waals surface area contributed by atoms with Gasteiger partial charge in [-0.15, -0.1) is 0 Å². The van der Waals surface area contributed by atoms with Crippen LogP contribution in [0.25, 0.3) is 0 Å². The summed E-state index contributed by atoms with van der Waals surface area (Å²) in [6, 6.07) is 0.187. The molecule has 0 bridgehead atoms. The van der Waals surface area contributed by atoms with E-state index < -0.39 is 0 Å². The molecule has 0 radical (unpaired) electrons. The summed E-state index contributed by atoms with van der Waals surface area (Å²) in [6.45, 7) is 2.83. The molecule has 7 heteroatoms. The van der Waals surface area contributed by atoms with Gasteiger partial charge in [-0.2, -0.15) is 5.21 Å². The number of H-pyrrole nitrogens is 1. The van der Waals surface area contributed by atoms with E-state index in [-0.39, 0.29) is 6.04 Å². The number of aromatic nitrogens is 6. The Kier molecular flexibility index (Phi) is 2.40. The molecule has 0 aliphatic carbocycles. The first-order valence-electron chi connectivity index (χ1n) is 4.22. The van der Waals surface area contributed by atoms with Gasteiger partial charge in [0.25, 0.3) is 0 Å². The quantitative estimate of drug-likeness (QED) is 0.761. The molecule has 0 fully saturated rings. The van der Waals surface area contributed by atoms with Crippen LogP contribution in [0.1, 0.15) is 13.0 Å². The third-order valence-electron chi connectivity index (χ3n) is 1.97. The van der Waals surface area contributed by atoms with Gasteiger partial charge in [0, 0.05) is 18.9 Å². The van der Waals surface area contributed by atoms with Crippen molar-refractivity contribution >= 4 is 12.2 Å². The molecule has 0 aliphatic heterocycles. The molecule has 1 unspecified atom stereocenters. The third kappa shape index (κ3) is 1.72. The van der Waals surface area contributed by atoms with Gasteiger partial charge in [0.2, 0.25) is 4.77 Å². The van der Waals surface area contributed by atoms with E-state index in [1.54, 1.807) is 17.2 Å². The van der Waals surface area contributed by atoms with E-state index in [0.29, 0.717) is 4.77 Å². The van der Waals surface area contributed by atoms with E-state index in [1.165, 1.54) is 0 Å². The predicted octanol–water partition coefficient (Wildman–Crippen LogP) is 0.793. The number of nitrogens with zero attached hydrogens (tertiary/aromatic N) is 5. The molecule has 74 valence electrons. The molecule has 2 heterocycles. The van der Waals surface area contributed by atoms with Crippen molar-refractivity contribution in [1.29, 1.82) is 0 Å². The Bertz CT molecular complexity index is 441. The minimum Gasteiger partial charge on any atom is -0.335 e. The van der Waals surface area contributed by atoms with Gasteiger partial charge in [0.1, 0.15) is 0 Å². The Hall–Kier alpha value is -1.50. The number of tetrazole rings is 1. The number of hydrogen-bond donors (Lipinski definition) is 1. The van der Waals surface area contributed by atoms with E-state index >= 15 is 0 Å². The zero-order chi connectivity index (χ0) is 9.97. The summed E-state index contributed by atoms with van der Waals surface area (Å²) in [4.78, 5) is 3.97. The van der Waals surface area contributed by atoms with Gasteiger partial charge in [0.15, 0.2) is 0 Å². The summed E-state index contributed by atoms with van der Waals surface area (Å²) in [5, 5.41) is 10.1. The molecule has 14 heavy (non-hydrogen) atoms. The highest BCUT2D eigenvalue weighted by Gasteiger charge is 2.06. The number of hydrogen-bond acceptors (Lipinski definition) is 4. The Morgan fingerprint density at radius 1 is 1.64 bits per heavy atom. The Morgan fingerprint density at radius 2 is 2.50 bits per heavy atom. The number of rotatable bonds is 3. The van der Waals surface area contributed by atoms with Crippen LogP contribution in [0.15, 0.2) is 18.7 Å². The molecule has 2 aromatic heterocycles. The van der Waals surface area contributed by atoms with Crippen molar-refractivity contribution < 1.29 is 0 Å².